The monoisotopic (exact) mass is 254 g/mol. The molecule has 0 aliphatic rings. The van der Waals surface area contributed by atoms with Crippen molar-refractivity contribution in [3.05, 3.63) is 27.9 Å². The number of nitriles is 1. The fraction of sp³-hybridized carbons (Fsp3) is 0.333. The highest BCUT2D eigenvalue weighted by Gasteiger charge is 2.15. The van der Waals surface area contributed by atoms with Gasteiger partial charge in [0.05, 0.1) is 10.5 Å². The van der Waals surface area contributed by atoms with Crippen molar-refractivity contribution in [1.82, 2.24) is 4.98 Å². The highest BCUT2D eigenvalue weighted by Crippen LogP contribution is 2.22. The Bertz CT molecular complexity index is 498. The average Bonchev–Trinajstić information content (AvgIpc) is 2.28. The van der Waals surface area contributed by atoms with E-state index in [1.807, 2.05) is 0 Å². The first kappa shape index (κ1) is 13.1. The molecule has 1 unspecified atom stereocenters. The van der Waals surface area contributed by atoms with E-state index in [4.69, 9.17) is 5.26 Å². The van der Waals surface area contributed by atoms with Gasteiger partial charge < -0.3 is 5.32 Å². The van der Waals surface area contributed by atoms with Crippen molar-refractivity contribution in [2.75, 3.05) is 23.9 Å². The van der Waals surface area contributed by atoms with Crippen LogP contribution >= 0.6 is 0 Å². The van der Waals surface area contributed by atoms with Gasteiger partial charge in [0.2, 0.25) is 5.82 Å². The SMILES string of the molecule is CS(=O)CCNc1ncc(C#N)cc1[N+](=O)[O-]. The highest BCUT2D eigenvalue weighted by atomic mass is 32.2. The van der Waals surface area contributed by atoms with Gasteiger partial charge in [-0.25, -0.2) is 4.98 Å². The lowest BCUT2D eigenvalue weighted by atomic mass is 10.3. The maximum atomic E-state index is 10.8. The molecule has 1 aromatic rings. The van der Waals surface area contributed by atoms with Gasteiger partial charge in [0.15, 0.2) is 0 Å². The molecule has 90 valence electrons. The maximum Gasteiger partial charge on any atom is 0.312 e. The zero-order valence-corrected chi connectivity index (χ0v) is 9.86. The molecule has 7 nitrogen and oxygen atoms in total. The minimum absolute atomic E-state index is 0.0828. The number of nitrogens with zero attached hydrogens (tertiary/aromatic N) is 3. The zero-order chi connectivity index (χ0) is 12.8. The van der Waals surface area contributed by atoms with Gasteiger partial charge in [0.1, 0.15) is 6.07 Å². The molecule has 0 aliphatic heterocycles. The normalized spacial score (nSPS) is 11.5. The Balaban J connectivity index is 2.88. The lowest BCUT2D eigenvalue weighted by Gasteiger charge is -2.04. The fourth-order valence-corrected chi connectivity index (χ4v) is 1.49. The fourth-order valence-electron chi connectivity index (χ4n) is 1.10. The third kappa shape index (κ3) is 3.81. The molecule has 1 aromatic heterocycles. The van der Waals surface area contributed by atoms with E-state index in [0.29, 0.717) is 12.3 Å². The number of hydrogen-bond donors (Lipinski definition) is 1. The van der Waals surface area contributed by atoms with Gasteiger partial charge in [-0.05, 0) is 0 Å². The molecule has 1 atom stereocenters. The predicted molar refractivity (Wildman–Crippen MR) is 63.0 cm³/mol. The minimum Gasteiger partial charge on any atom is -0.363 e. The molecule has 0 fully saturated rings. The molecule has 1 N–H and O–H groups in total. The lowest BCUT2D eigenvalue weighted by Crippen LogP contribution is -2.12. The topological polar surface area (TPSA) is 109 Å². The molecule has 0 aromatic carbocycles. The number of nitrogens with one attached hydrogen (secondary N) is 1. The number of rotatable bonds is 5. The second kappa shape index (κ2) is 5.91. The Morgan fingerprint density at radius 3 is 2.94 bits per heavy atom. The van der Waals surface area contributed by atoms with Gasteiger partial charge in [-0.2, -0.15) is 5.26 Å². The summed E-state index contributed by atoms with van der Waals surface area (Å²) in [5.41, 5.74) is -0.132. The Hall–Kier alpha value is -2.01. The van der Waals surface area contributed by atoms with Gasteiger partial charge >= 0.3 is 5.69 Å². The molecule has 8 heteroatoms. The van der Waals surface area contributed by atoms with Crippen molar-refractivity contribution in [2.24, 2.45) is 0 Å². The Kier molecular flexibility index (Phi) is 4.54. The largest absolute Gasteiger partial charge is 0.363 e. The van der Waals surface area contributed by atoms with Crippen LogP contribution in [0.25, 0.3) is 0 Å². The summed E-state index contributed by atoms with van der Waals surface area (Å²) in [7, 11) is -0.975. The predicted octanol–water partition coefficient (Wildman–Crippen LogP) is 0.652. The van der Waals surface area contributed by atoms with Crippen LogP contribution in [-0.4, -0.2) is 32.7 Å². The van der Waals surface area contributed by atoms with Crippen LogP contribution in [0.5, 0.6) is 0 Å². The summed E-state index contributed by atoms with van der Waals surface area (Å²) < 4.78 is 10.8. The van der Waals surface area contributed by atoms with Crippen LogP contribution in [0.1, 0.15) is 5.56 Å². The van der Waals surface area contributed by atoms with Gasteiger partial charge in [0.25, 0.3) is 0 Å². The second-order valence-electron chi connectivity index (χ2n) is 3.16. The summed E-state index contributed by atoms with van der Waals surface area (Å²) >= 11 is 0. The van der Waals surface area contributed by atoms with E-state index < -0.39 is 15.7 Å². The molecule has 0 amide bonds. The molecular formula is C9H10N4O3S. The Morgan fingerprint density at radius 1 is 1.71 bits per heavy atom. The van der Waals surface area contributed by atoms with Crippen molar-refractivity contribution in [3.63, 3.8) is 0 Å². The Labute approximate surface area is 100 Å². The molecule has 0 saturated heterocycles. The minimum atomic E-state index is -0.975. The number of aromatic nitrogens is 1. The van der Waals surface area contributed by atoms with E-state index in [0.717, 1.165) is 6.07 Å². The third-order valence-corrected chi connectivity index (χ3v) is 2.65. The summed E-state index contributed by atoms with van der Waals surface area (Å²) in [5.74, 6) is 0.457. The molecular weight excluding hydrogens is 244 g/mol. The molecule has 0 radical (unpaired) electrons. The number of hydrogen-bond acceptors (Lipinski definition) is 6. The van der Waals surface area contributed by atoms with E-state index >= 15 is 0 Å². The lowest BCUT2D eigenvalue weighted by molar-refractivity contribution is -0.384. The summed E-state index contributed by atoms with van der Waals surface area (Å²) in [6.07, 6.45) is 2.79. The molecule has 17 heavy (non-hydrogen) atoms. The molecule has 0 bridgehead atoms. The van der Waals surface area contributed by atoms with Crippen molar-refractivity contribution >= 4 is 22.3 Å². The number of anilines is 1. The van der Waals surface area contributed by atoms with Crippen LogP contribution in [0.2, 0.25) is 0 Å². The van der Waals surface area contributed by atoms with Gasteiger partial charge in [0, 0.05) is 41.6 Å². The first-order valence-electron chi connectivity index (χ1n) is 4.63. The van der Waals surface area contributed by atoms with E-state index in [1.165, 1.54) is 6.20 Å². The van der Waals surface area contributed by atoms with Crippen molar-refractivity contribution in [1.29, 1.82) is 5.26 Å². The standard InChI is InChI=1S/C9H10N4O3S/c1-17(16)3-2-11-9-8(13(14)15)4-7(5-10)6-12-9/h4,6H,2-3H2,1H3,(H,11,12). The van der Waals surface area contributed by atoms with Crippen LogP contribution < -0.4 is 5.32 Å². The summed E-state index contributed by atoms with van der Waals surface area (Å²) in [5, 5.41) is 22.1. The molecule has 0 aliphatic carbocycles. The van der Waals surface area contributed by atoms with Crippen molar-refractivity contribution < 1.29 is 9.13 Å². The Morgan fingerprint density at radius 2 is 2.41 bits per heavy atom. The van der Waals surface area contributed by atoms with Crippen molar-refractivity contribution in [2.45, 2.75) is 0 Å². The zero-order valence-electron chi connectivity index (χ0n) is 9.04. The molecule has 1 heterocycles. The van der Waals surface area contributed by atoms with Crippen LogP contribution in [-0.2, 0) is 10.8 Å². The number of pyridine rings is 1. The molecule has 1 rings (SSSR count). The van der Waals surface area contributed by atoms with Crippen molar-refractivity contribution in [3.8, 4) is 6.07 Å². The van der Waals surface area contributed by atoms with Crippen LogP contribution in [0.4, 0.5) is 11.5 Å². The smallest absolute Gasteiger partial charge is 0.312 e. The van der Waals surface area contributed by atoms with Crippen LogP contribution in [0.3, 0.4) is 0 Å². The summed E-state index contributed by atoms with van der Waals surface area (Å²) in [6.45, 7) is 0.322. The maximum absolute atomic E-state index is 10.8. The average molecular weight is 254 g/mol. The van der Waals surface area contributed by atoms with E-state index in [-0.39, 0.29) is 17.1 Å². The summed E-state index contributed by atoms with van der Waals surface area (Å²) in [6, 6.07) is 2.93. The third-order valence-electron chi connectivity index (χ3n) is 1.88. The second-order valence-corrected chi connectivity index (χ2v) is 4.72. The van der Waals surface area contributed by atoms with Gasteiger partial charge in [-0.15, -0.1) is 0 Å². The molecule has 0 spiro atoms. The van der Waals surface area contributed by atoms with Gasteiger partial charge in [-0.1, -0.05) is 0 Å². The molecule has 0 saturated carbocycles. The first-order valence-corrected chi connectivity index (χ1v) is 6.35. The quantitative estimate of drug-likeness (QED) is 0.610. The van der Waals surface area contributed by atoms with Crippen LogP contribution in [0, 0.1) is 21.4 Å². The number of nitro groups is 1. The highest BCUT2D eigenvalue weighted by molar-refractivity contribution is 7.84. The van der Waals surface area contributed by atoms with E-state index in [2.05, 4.69) is 10.3 Å². The van der Waals surface area contributed by atoms with Crippen LogP contribution in [0.15, 0.2) is 12.3 Å². The summed E-state index contributed by atoms with van der Waals surface area (Å²) in [4.78, 5) is 13.9. The first-order chi connectivity index (χ1) is 8.04. The van der Waals surface area contributed by atoms with Gasteiger partial charge in [-0.3, -0.25) is 14.3 Å². The van der Waals surface area contributed by atoms with E-state index in [1.54, 1.807) is 12.3 Å². The van der Waals surface area contributed by atoms with E-state index in [9.17, 15) is 14.3 Å².